The average molecular weight is 177 g/mol. The van der Waals surface area contributed by atoms with Gasteiger partial charge in [-0.25, -0.2) is 4.98 Å². The lowest BCUT2D eigenvalue weighted by atomic mass is 10.3. The van der Waals surface area contributed by atoms with Gasteiger partial charge in [-0.05, 0) is 18.7 Å². The number of hydrogen-bond donors (Lipinski definition) is 2. The number of fused-ring (bicyclic) bond motifs is 1. The minimum Gasteiger partial charge on any atom is -0.504 e. The Kier molecular flexibility index (Phi) is 1.90. The monoisotopic (exact) mass is 177 g/mol. The molecule has 0 fully saturated rings. The van der Waals surface area contributed by atoms with Crippen molar-refractivity contribution in [2.24, 2.45) is 5.73 Å². The molecule has 13 heavy (non-hydrogen) atoms. The molecule has 2 heterocycles. The number of hydrogen-bond acceptors (Lipinski definition) is 3. The van der Waals surface area contributed by atoms with Gasteiger partial charge in [0, 0.05) is 24.5 Å². The van der Waals surface area contributed by atoms with Crippen LogP contribution in [0.15, 0.2) is 24.5 Å². The van der Waals surface area contributed by atoms with Gasteiger partial charge in [-0.1, -0.05) is 0 Å². The van der Waals surface area contributed by atoms with E-state index in [1.165, 1.54) is 0 Å². The van der Waals surface area contributed by atoms with Gasteiger partial charge in [0.25, 0.3) is 0 Å². The number of aromatic nitrogens is 2. The molecule has 0 saturated heterocycles. The van der Waals surface area contributed by atoms with Crippen molar-refractivity contribution in [1.82, 2.24) is 9.38 Å². The zero-order valence-corrected chi connectivity index (χ0v) is 7.14. The van der Waals surface area contributed by atoms with Crippen molar-refractivity contribution >= 4 is 5.65 Å². The van der Waals surface area contributed by atoms with Gasteiger partial charge >= 0.3 is 0 Å². The lowest BCUT2D eigenvalue weighted by molar-refractivity contribution is 0.477. The van der Waals surface area contributed by atoms with E-state index in [9.17, 15) is 5.11 Å². The van der Waals surface area contributed by atoms with Crippen LogP contribution in [0.5, 0.6) is 5.75 Å². The predicted octanol–water partition coefficient (Wildman–Crippen LogP) is 0.541. The van der Waals surface area contributed by atoms with Crippen LogP contribution in [0.1, 0.15) is 5.69 Å². The van der Waals surface area contributed by atoms with Crippen LogP contribution in [0, 0.1) is 0 Å². The minimum absolute atomic E-state index is 0.200. The Bertz CT molecular complexity index is 422. The molecule has 0 aromatic carbocycles. The molecule has 2 aromatic heterocycles. The molecule has 0 amide bonds. The number of imidazole rings is 1. The molecule has 0 aliphatic heterocycles. The number of pyridine rings is 1. The molecule has 0 aliphatic rings. The summed E-state index contributed by atoms with van der Waals surface area (Å²) >= 11 is 0. The number of nitrogens with zero attached hydrogens (tertiary/aromatic N) is 2. The fourth-order valence-electron chi connectivity index (χ4n) is 1.38. The third-order valence-electron chi connectivity index (χ3n) is 1.99. The Morgan fingerprint density at radius 2 is 2.38 bits per heavy atom. The van der Waals surface area contributed by atoms with Crippen LogP contribution >= 0.6 is 0 Å². The van der Waals surface area contributed by atoms with Gasteiger partial charge < -0.3 is 15.2 Å². The van der Waals surface area contributed by atoms with Crippen LogP contribution in [-0.4, -0.2) is 21.0 Å². The first-order chi connectivity index (χ1) is 6.33. The molecule has 0 radical (unpaired) electrons. The summed E-state index contributed by atoms with van der Waals surface area (Å²) in [5, 5.41) is 9.44. The molecule has 2 aromatic rings. The first kappa shape index (κ1) is 8.07. The number of rotatable bonds is 2. The topological polar surface area (TPSA) is 63.5 Å². The standard InChI is InChI=1S/C9H11N3O/c10-4-3-7-6-11-9-8(13)2-1-5-12(7)9/h1-2,5-6,13H,3-4,10H2. The average Bonchev–Trinajstić information content (AvgIpc) is 2.51. The van der Waals surface area contributed by atoms with Crippen molar-refractivity contribution in [2.75, 3.05) is 6.54 Å². The Morgan fingerprint density at radius 1 is 1.54 bits per heavy atom. The molecule has 68 valence electrons. The van der Waals surface area contributed by atoms with E-state index in [0.29, 0.717) is 12.2 Å². The lowest BCUT2D eigenvalue weighted by Gasteiger charge is -1.99. The molecule has 0 spiro atoms. The minimum atomic E-state index is 0.200. The van der Waals surface area contributed by atoms with E-state index in [4.69, 9.17) is 5.73 Å². The zero-order chi connectivity index (χ0) is 9.26. The molecule has 0 saturated carbocycles. The van der Waals surface area contributed by atoms with Crippen molar-refractivity contribution in [3.05, 3.63) is 30.2 Å². The highest BCUT2D eigenvalue weighted by Crippen LogP contribution is 2.17. The molecule has 0 unspecified atom stereocenters. The van der Waals surface area contributed by atoms with Crippen molar-refractivity contribution in [3.8, 4) is 5.75 Å². The van der Waals surface area contributed by atoms with Crippen LogP contribution in [0.4, 0.5) is 0 Å². The first-order valence-electron chi connectivity index (χ1n) is 4.17. The van der Waals surface area contributed by atoms with E-state index in [2.05, 4.69) is 4.98 Å². The van der Waals surface area contributed by atoms with Crippen molar-refractivity contribution in [2.45, 2.75) is 6.42 Å². The van der Waals surface area contributed by atoms with Crippen molar-refractivity contribution < 1.29 is 5.11 Å². The normalized spacial score (nSPS) is 10.8. The van der Waals surface area contributed by atoms with Crippen LogP contribution in [0.25, 0.3) is 5.65 Å². The molecule has 4 nitrogen and oxygen atoms in total. The van der Waals surface area contributed by atoms with Gasteiger partial charge in [-0.15, -0.1) is 0 Å². The second kappa shape index (κ2) is 3.06. The van der Waals surface area contributed by atoms with Crippen LogP contribution < -0.4 is 5.73 Å². The molecular formula is C9H11N3O. The Balaban J connectivity index is 2.61. The van der Waals surface area contributed by atoms with Gasteiger partial charge in [0.2, 0.25) is 0 Å². The van der Waals surface area contributed by atoms with Gasteiger partial charge in [0.1, 0.15) is 0 Å². The molecule has 3 N–H and O–H groups in total. The predicted molar refractivity (Wildman–Crippen MR) is 49.6 cm³/mol. The molecule has 4 heteroatoms. The second-order valence-corrected chi connectivity index (χ2v) is 2.88. The van der Waals surface area contributed by atoms with Crippen molar-refractivity contribution in [1.29, 1.82) is 0 Å². The fraction of sp³-hybridized carbons (Fsp3) is 0.222. The molecule has 0 aliphatic carbocycles. The van der Waals surface area contributed by atoms with Crippen LogP contribution in [0.3, 0.4) is 0 Å². The van der Waals surface area contributed by atoms with E-state index >= 15 is 0 Å². The third kappa shape index (κ3) is 1.25. The van der Waals surface area contributed by atoms with Gasteiger partial charge in [0.05, 0.1) is 0 Å². The molecule has 0 atom stereocenters. The maximum absolute atomic E-state index is 9.44. The Hall–Kier alpha value is -1.55. The lowest BCUT2D eigenvalue weighted by Crippen LogP contribution is -2.04. The molecule has 2 rings (SSSR count). The van der Waals surface area contributed by atoms with Crippen LogP contribution in [0.2, 0.25) is 0 Å². The first-order valence-corrected chi connectivity index (χ1v) is 4.17. The summed E-state index contributed by atoms with van der Waals surface area (Å²) in [6.45, 7) is 0.587. The van der Waals surface area contributed by atoms with E-state index in [1.54, 1.807) is 18.3 Å². The number of aromatic hydroxyl groups is 1. The Labute approximate surface area is 75.6 Å². The SMILES string of the molecule is NCCc1cnc2c(O)cccn12. The third-order valence-corrected chi connectivity index (χ3v) is 1.99. The van der Waals surface area contributed by atoms with Gasteiger partial charge in [-0.3, -0.25) is 0 Å². The largest absolute Gasteiger partial charge is 0.504 e. The summed E-state index contributed by atoms with van der Waals surface area (Å²) < 4.78 is 1.85. The maximum atomic E-state index is 9.44. The van der Waals surface area contributed by atoms with E-state index in [0.717, 1.165) is 12.1 Å². The highest BCUT2D eigenvalue weighted by Gasteiger charge is 2.04. The Morgan fingerprint density at radius 3 is 3.15 bits per heavy atom. The fourth-order valence-corrected chi connectivity index (χ4v) is 1.38. The summed E-state index contributed by atoms with van der Waals surface area (Å²) in [4.78, 5) is 4.09. The van der Waals surface area contributed by atoms with E-state index in [1.807, 2.05) is 10.6 Å². The number of nitrogens with two attached hydrogens (primary N) is 1. The van der Waals surface area contributed by atoms with Gasteiger partial charge in [0.15, 0.2) is 11.4 Å². The highest BCUT2D eigenvalue weighted by atomic mass is 16.3. The highest BCUT2D eigenvalue weighted by molar-refractivity contribution is 5.53. The summed E-state index contributed by atoms with van der Waals surface area (Å²) in [5.41, 5.74) is 7.06. The summed E-state index contributed by atoms with van der Waals surface area (Å²) in [7, 11) is 0. The van der Waals surface area contributed by atoms with Crippen LogP contribution in [-0.2, 0) is 6.42 Å². The zero-order valence-electron chi connectivity index (χ0n) is 7.14. The summed E-state index contributed by atoms with van der Waals surface area (Å²) in [6, 6.07) is 3.40. The molecular weight excluding hydrogens is 166 g/mol. The van der Waals surface area contributed by atoms with E-state index < -0.39 is 0 Å². The quantitative estimate of drug-likeness (QED) is 0.703. The maximum Gasteiger partial charge on any atom is 0.179 e. The molecule has 0 bridgehead atoms. The van der Waals surface area contributed by atoms with Gasteiger partial charge in [-0.2, -0.15) is 0 Å². The second-order valence-electron chi connectivity index (χ2n) is 2.88. The smallest absolute Gasteiger partial charge is 0.179 e. The van der Waals surface area contributed by atoms with Crippen molar-refractivity contribution in [3.63, 3.8) is 0 Å². The summed E-state index contributed by atoms with van der Waals surface area (Å²) in [5.74, 6) is 0.200. The van der Waals surface area contributed by atoms with E-state index in [-0.39, 0.29) is 5.75 Å². The summed E-state index contributed by atoms with van der Waals surface area (Å²) in [6.07, 6.45) is 4.37.